The lowest BCUT2D eigenvalue weighted by Gasteiger charge is -2.32. The van der Waals surface area contributed by atoms with E-state index in [1.165, 1.54) is 22.5 Å². The third-order valence-electron chi connectivity index (χ3n) is 7.49. The molecule has 8 heteroatoms. The molecular weight excluding hydrogens is 442 g/mol. The number of aromatic nitrogens is 3. The molecule has 1 amide bonds. The fraction of sp³-hybridized carbons (Fsp3) is 0.444. The number of benzene rings is 1. The molecule has 3 aliphatic rings. The molecule has 0 aliphatic carbocycles. The number of nitrogens with zero attached hydrogens (tertiary/aromatic N) is 5. The van der Waals surface area contributed by atoms with E-state index in [1.807, 2.05) is 17.0 Å². The Balaban J connectivity index is 1.40. The molecule has 0 spiro atoms. The molecule has 1 fully saturated rings. The van der Waals surface area contributed by atoms with Crippen LogP contribution in [0.5, 0.6) is 5.88 Å². The molecule has 0 unspecified atom stereocenters. The van der Waals surface area contributed by atoms with Crippen molar-refractivity contribution in [2.24, 2.45) is 0 Å². The Morgan fingerprint density at radius 2 is 2.03 bits per heavy atom. The Labute approximate surface area is 205 Å². The maximum Gasteiger partial charge on any atom is 0.219 e. The maximum absolute atomic E-state index is 12.2. The van der Waals surface area contributed by atoms with Crippen molar-refractivity contribution in [3.63, 3.8) is 0 Å². The molecule has 2 aromatic heterocycles. The number of pyridine rings is 1. The number of fused-ring (bicyclic) bond motifs is 2. The van der Waals surface area contributed by atoms with Gasteiger partial charge in [-0.15, -0.1) is 0 Å². The van der Waals surface area contributed by atoms with Gasteiger partial charge in [-0.1, -0.05) is 6.07 Å². The third kappa shape index (κ3) is 3.95. The van der Waals surface area contributed by atoms with E-state index in [9.17, 15) is 4.79 Å². The van der Waals surface area contributed by atoms with E-state index in [0.29, 0.717) is 19.0 Å². The summed E-state index contributed by atoms with van der Waals surface area (Å²) in [5.41, 5.74) is 7.23. The Bertz CT molecular complexity index is 1260. The van der Waals surface area contributed by atoms with Crippen LogP contribution in [0.1, 0.15) is 42.6 Å². The minimum absolute atomic E-state index is 0.120. The summed E-state index contributed by atoms with van der Waals surface area (Å²) in [6.45, 7) is 5.43. The molecule has 0 radical (unpaired) electrons. The van der Waals surface area contributed by atoms with Gasteiger partial charge in [0.2, 0.25) is 11.8 Å². The predicted octanol–water partition coefficient (Wildman–Crippen LogP) is 3.90. The molecule has 3 aliphatic heterocycles. The second-order valence-corrected chi connectivity index (χ2v) is 9.59. The van der Waals surface area contributed by atoms with Crippen LogP contribution in [0.15, 0.2) is 36.5 Å². The first-order chi connectivity index (χ1) is 17.1. The van der Waals surface area contributed by atoms with E-state index in [2.05, 4.69) is 32.8 Å². The van der Waals surface area contributed by atoms with E-state index >= 15 is 0 Å². The second-order valence-electron chi connectivity index (χ2n) is 9.59. The number of methoxy groups -OCH3 is 1. The number of rotatable bonds is 4. The van der Waals surface area contributed by atoms with Crippen molar-refractivity contribution in [3.8, 4) is 17.0 Å². The van der Waals surface area contributed by atoms with Gasteiger partial charge in [-0.05, 0) is 54.2 Å². The van der Waals surface area contributed by atoms with Gasteiger partial charge in [0, 0.05) is 62.2 Å². The Morgan fingerprint density at radius 3 is 2.83 bits per heavy atom. The average Bonchev–Trinajstić information content (AvgIpc) is 3.56. The Morgan fingerprint density at radius 1 is 1.14 bits per heavy atom. The van der Waals surface area contributed by atoms with Crippen molar-refractivity contribution >= 4 is 17.4 Å². The maximum atomic E-state index is 12.2. The number of hydrogen-bond acceptors (Lipinski definition) is 6. The topological polar surface area (TPSA) is 72.7 Å². The number of amides is 1. The lowest BCUT2D eigenvalue weighted by Crippen LogP contribution is -2.35. The van der Waals surface area contributed by atoms with Crippen molar-refractivity contribution in [1.82, 2.24) is 19.7 Å². The smallest absolute Gasteiger partial charge is 0.219 e. The number of aryl methyl sites for hydroxylation is 1. The fourth-order valence-electron chi connectivity index (χ4n) is 5.63. The van der Waals surface area contributed by atoms with Crippen LogP contribution in [-0.2, 0) is 28.9 Å². The van der Waals surface area contributed by atoms with Crippen LogP contribution >= 0.6 is 0 Å². The summed E-state index contributed by atoms with van der Waals surface area (Å²) >= 11 is 0. The third-order valence-corrected chi connectivity index (χ3v) is 7.49. The normalized spacial score (nSPS) is 19.4. The van der Waals surface area contributed by atoms with Crippen LogP contribution in [0.3, 0.4) is 0 Å². The molecule has 5 heterocycles. The van der Waals surface area contributed by atoms with E-state index in [1.54, 1.807) is 20.2 Å². The molecule has 8 nitrogen and oxygen atoms in total. The minimum atomic E-state index is 0.120. The Hall–Kier alpha value is -3.39. The molecule has 0 bridgehead atoms. The zero-order valence-electron chi connectivity index (χ0n) is 20.4. The van der Waals surface area contributed by atoms with E-state index in [0.717, 1.165) is 62.3 Å². The fourth-order valence-corrected chi connectivity index (χ4v) is 5.63. The van der Waals surface area contributed by atoms with Crippen molar-refractivity contribution < 1.29 is 14.3 Å². The molecular formula is C27H31N5O3. The highest BCUT2D eigenvalue weighted by Gasteiger charge is 2.33. The molecule has 6 rings (SSSR count). The predicted molar refractivity (Wildman–Crippen MR) is 133 cm³/mol. The summed E-state index contributed by atoms with van der Waals surface area (Å²) in [6, 6.07) is 10.9. The van der Waals surface area contributed by atoms with Crippen molar-refractivity contribution in [3.05, 3.63) is 53.3 Å². The number of carbonyl (C=O) groups excluding carboxylic acids is 1. The van der Waals surface area contributed by atoms with Crippen LogP contribution in [0.2, 0.25) is 0 Å². The highest BCUT2D eigenvalue weighted by atomic mass is 16.5. The summed E-state index contributed by atoms with van der Waals surface area (Å²) < 4.78 is 13.2. The first kappa shape index (κ1) is 22.1. The molecule has 1 saturated heterocycles. The van der Waals surface area contributed by atoms with E-state index in [-0.39, 0.29) is 11.9 Å². The van der Waals surface area contributed by atoms with Crippen molar-refractivity contribution in [2.75, 3.05) is 38.3 Å². The van der Waals surface area contributed by atoms with Crippen LogP contribution in [-0.4, -0.2) is 59.0 Å². The number of anilines is 2. The van der Waals surface area contributed by atoms with Gasteiger partial charge in [0.25, 0.3) is 0 Å². The highest BCUT2D eigenvalue weighted by Crippen LogP contribution is 2.40. The average molecular weight is 474 g/mol. The number of hydrogen-bond donors (Lipinski definition) is 0. The summed E-state index contributed by atoms with van der Waals surface area (Å²) in [5, 5.41) is 5.19. The van der Waals surface area contributed by atoms with Crippen LogP contribution in [0.25, 0.3) is 11.1 Å². The minimum Gasteiger partial charge on any atom is -0.481 e. The zero-order valence-corrected chi connectivity index (χ0v) is 20.4. The standard InChI is InChI=1S/C27H31N5O3/c1-18(33)30-12-8-25-23(16-30)27(29-32(25)22-9-13-35-17-22)31-11-3-4-21-14-19(5-6-24(21)31)20-7-10-28-26(15-20)34-2/h5-7,10,14-15,22H,3-4,8-9,11-13,16-17H2,1-2H3/t22-/m0/s1. The van der Waals surface area contributed by atoms with Gasteiger partial charge in [0.05, 0.1) is 26.3 Å². The number of carbonyl (C=O) groups is 1. The number of ether oxygens (including phenoxy) is 2. The summed E-state index contributed by atoms with van der Waals surface area (Å²) in [6.07, 6.45) is 5.69. The first-order valence-corrected chi connectivity index (χ1v) is 12.5. The molecule has 3 aromatic rings. The molecule has 0 saturated carbocycles. The van der Waals surface area contributed by atoms with Gasteiger partial charge >= 0.3 is 0 Å². The molecule has 1 aromatic carbocycles. The van der Waals surface area contributed by atoms with Gasteiger partial charge in [0.1, 0.15) is 0 Å². The van der Waals surface area contributed by atoms with Crippen LogP contribution in [0.4, 0.5) is 11.5 Å². The second kappa shape index (κ2) is 9.00. The van der Waals surface area contributed by atoms with Gasteiger partial charge in [-0.2, -0.15) is 5.10 Å². The van der Waals surface area contributed by atoms with Crippen molar-refractivity contribution in [2.45, 2.75) is 45.2 Å². The van der Waals surface area contributed by atoms with Gasteiger partial charge in [0.15, 0.2) is 5.82 Å². The lowest BCUT2D eigenvalue weighted by atomic mass is 9.96. The molecule has 0 N–H and O–H groups in total. The summed E-state index contributed by atoms with van der Waals surface area (Å²) in [4.78, 5) is 20.8. The molecule has 35 heavy (non-hydrogen) atoms. The monoisotopic (exact) mass is 473 g/mol. The lowest BCUT2D eigenvalue weighted by molar-refractivity contribution is -0.129. The quantitative estimate of drug-likeness (QED) is 0.572. The van der Waals surface area contributed by atoms with Gasteiger partial charge < -0.3 is 19.3 Å². The van der Waals surface area contributed by atoms with E-state index in [4.69, 9.17) is 14.6 Å². The molecule has 1 atom stereocenters. The van der Waals surface area contributed by atoms with Crippen LogP contribution < -0.4 is 9.64 Å². The van der Waals surface area contributed by atoms with E-state index < -0.39 is 0 Å². The largest absolute Gasteiger partial charge is 0.481 e. The van der Waals surface area contributed by atoms with Crippen LogP contribution in [0, 0.1) is 0 Å². The highest BCUT2D eigenvalue weighted by molar-refractivity contribution is 5.76. The van der Waals surface area contributed by atoms with Gasteiger partial charge in [-0.3, -0.25) is 9.48 Å². The Kier molecular flexibility index (Phi) is 5.68. The first-order valence-electron chi connectivity index (χ1n) is 12.5. The molecule has 182 valence electrons. The van der Waals surface area contributed by atoms with Crippen molar-refractivity contribution in [1.29, 1.82) is 0 Å². The van der Waals surface area contributed by atoms with Gasteiger partial charge in [-0.25, -0.2) is 4.98 Å². The SMILES string of the molecule is COc1cc(-c2ccc3c(c2)CCCN3c2nn([C@H]3CCOC3)c3c2CN(C(C)=O)CC3)ccn1. The summed E-state index contributed by atoms with van der Waals surface area (Å²) in [7, 11) is 1.64. The summed E-state index contributed by atoms with van der Waals surface area (Å²) in [5.74, 6) is 1.73. The zero-order chi connectivity index (χ0) is 23.9.